The number of hydrogen-bond donors (Lipinski definition) is 1. The largest absolute Gasteiger partial charge is 0.328 e. The van der Waals surface area contributed by atoms with E-state index in [1.807, 2.05) is 27.5 Å². The van der Waals surface area contributed by atoms with Crippen LogP contribution in [0.15, 0.2) is 53.6 Å². The second-order valence-electron chi connectivity index (χ2n) is 7.62. The van der Waals surface area contributed by atoms with Gasteiger partial charge in [0.05, 0.1) is 6.54 Å². The third-order valence-corrected chi connectivity index (χ3v) is 5.35. The number of tetrazole rings is 1. The van der Waals surface area contributed by atoms with E-state index in [1.54, 1.807) is 6.20 Å². The second kappa shape index (κ2) is 9.51. The molecule has 160 valence electrons. The van der Waals surface area contributed by atoms with Gasteiger partial charge in [0.15, 0.2) is 0 Å². The lowest BCUT2D eigenvalue weighted by molar-refractivity contribution is 0.617. The van der Waals surface area contributed by atoms with Crippen molar-refractivity contribution in [2.45, 2.75) is 52.6 Å². The van der Waals surface area contributed by atoms with Gasteiger partial charge in [0.2, 0.25) is 5.82 Å². The van der Waals surface area contributed by atoms with Crippen LogP contribution in [0.25, 0.3) is 22.6 Å². The molecule has 0 atom stereocenters. The maximum Gasteiger partial charge on any atom is 0.328 e. The summed E-state index contributed by atoms with van der Waals surface area (Å²) in [6.07, 6.45) is 7.80. The van der Waals surface area contributed by atoms with Gasteiger partial charge in [-0.15, -0.1) is 10.2 Å². The number of pyridine rings is 1. The molecule has 8 heteroatoms. The van der Waals surface area contributed by atoms with Gasteiger partial charge in [0, 0.05) is 30.2 Å². The van der Waals surface area contributed by atoms with Gasteiger partial charge in [-0.3, -0.25) is 14.1 Å². The van der Waals surface area contributed by atoms with Gasteiger partial charge < -0.3 is 0 Å². The van der Waals surface area contributed by atoms with E-state index in [9.17, 15) is 4.79 Å². The lowest BCUT2D eigenvalue weighted by Gasteiger charge is -2.09. The molecule has 0 unspecified atom stereocenters. The zero-order valence-electron chi connectivity index (χ0n) is 18.0. The molecule has 4 rings (SSSR count). The van der Waals surface area contributed by atoms with Crippen LogP contribution in [0.5, 0.6) is 0 Å². The predicted octanol–water partition coefficient (Wildman–Crippen LogP) is 3.69. The average molecular weight is 418 g/mol. The molecule has 1 N–H and O–H groups in total. The Hall–Kier alpha value is -3.55. The fourth-order valence-corrected chi connectivity index (χ4v) is 3.76. The van der Waals surface area contributed by atoms with E-state index in [1.165, 1.54) is 0 Å². The highest BCUT2D eigenvalue weighted by Crippen LogP contribution is 2.28. The van der Waals surface area contributed by atoms with Crippen LogP contribution in [0.4, 0.5) is 0 Å². The van der Waals surface area contributed by atoms with Gasteiger partial charge in [0.1, 0.15) is 5.69 Å². The third-order valence-electron chi connectivity index (χ3n) is 5.35. The summed E-state index contributed by atoms with van der Waals surface area (Å²) >= 11 is 0. The number of nitrogens with zero attached hydrogens (tertiary/aromatic N) is 6. The zero-order chi connectivity index (χ0) is 21.6. The van der Waals surface area contributed by atoms with Crippen molar-refractivity contribution in [1.29, 1.82) is 0 Å². The molecule has 0 saturated carbocycles. The summed E-state index contributed by atoms with van der Waals surface area (Å²) in [5.74, 6) is 0.462. The van der Waals surface area contributed by atoms with Gasteiger partial charge in [-0.1, -0.05) is 50.6 Å². The van der Waals surface area contributed by atoms with E-state index < -0.39 is 0 Å². The minimum atomic E-state index is 0.0729. The molecule has 0 radical (unpaired) electrons. The SMILES string of the molecule is CCCCc1cn(CCC)c(=O)n1Cc1ccc(-c2cccnc2-c2nn[nH]n2)cc1. The van der Waals surface area contributed by atoms with Crippen LogP contribution < -0.4 is 5.69 Å². The molecule has 0 aliphatic heterocycles. The summed E-state index contributed by atoms with van der Waals surface area (Å²) in [6.45, 7) is 5.59. The van der Waals surface area contributed by atoms with Crippen molar-refractivity contribution in [2.75, 3.05) is 0 Å². The molecule has 0 fully saturated rings. The van der Waals surface area contributed by atoms with Crippen LogP contribution in [0, 0.1) is 0 Å². The molecule has 0 saturated heterocycles. The van der Waals surface area contributed by atoms with Gasteiger partial charge in [-0.05, 0) is 41.7 Å². The Bertz CT molecular complexity index is 1170. The Morgan fingerprint density at radius 2 is 1.90 bits per heavy atom. The number of aromatic amines is 1. The number of unbranched alkanes of at least 4 members (excludes halogenated alkanes) is 1. The Labute approximate surface area is 181 Å². The molecule has 3 aromatic heterocycles. The van der Waals surface area contributed by atoms with E-state index in [4.69, 9.17) is 0 Å². The Balaban J connectivity index is 1.62. The fourth-order valence-electron chi connectivity index (χ4n) is 3.76. The van der Waals surface area contributed by atoms with Gasteiger partial charge >= 0.3 is 5.69 Å². The summed E-state index contributed by atoms with van der Waals surface area (Å²) in [5, 5.41) is 14.2. The zero-order valence-corrected chi connectivity index (χ0v) is 18.0. The number of nitrogens with one attached hydrogen (secondary N) is 1. The fraction of sp³-hybridized carbons (Fsp3) is 0.348. The maximum atomic E-state index is 12.9. The van der Waals surface area contributed by atoms with Crippen LogP contribution >= 0.6 is 0 Å². The summed E-state index contributed by atoms with van der Waals surface area (Å²) in [4.78, 5) is 17.3. The summed E-state index contributed by atoms with van der Waals surface area (Å²) in [6, 6.07) is 12.1. The number of rotatable bonds is 9. The predicted molar refractivity (Wildman–Crippen MR) is 120 cm³/mol. The quantitative estimate of drug-likeness (QED) is 0.448. The van der Waals surface area contributed by atoms with E-state index >= 15 is 0 Å². The first kappa shape index (κ1) is 20.7. The van der Waals surface area contributed by atoms with Crippen molar-refractivity contribution >= 4 is 0 Å². The summed E-state index contributed by atoms with van der Waals surface area (Å²) in [7, 11) is 0. The van der Waals surface area contributed by atoms with Crippen LogP contribution in [-0.2, 0) is 19.5 Å². The van der Waals surface area contributed by atoms with E-state index in [-0.39, 0.29) is 5.69 Å². The van der Waals surface area contributed by atoms with E-state index in [0.717, 1.165) is 54.6 Å². The number of imidazole rings is 1. The molecular weight excluding hydrogens is 390 g/mol. The highest BCUT2D eigenvalue weighted by molar-refractivity contribution is 5.77. The lowest BCUT2D eigenvalue weighted by Crippen LogP contribution is -2.25. The smallest absolute Gasteiger partial charge is 0.299 e. The molecule has 8 nitrogen and oxygen atoms in total. The molecule has 1 aromatic carbocycles. The van der Waals surface area contributed by atoms with E-state index in [0.29, 0.717) is 18.1 Å². The monoisotopic (exact) mass is 417 g/mol. The van der Waals surface area contributed by atoms with Crippen LogP contribution in [0.3, 0.4) is 0 Å². The number of benzene rings is 1. The lowest BCUT2D eigenvalue weighted by atomic mass is 10.0. The normalized spacial score (nSPS) is 11.2. The summed E-state index contributed by atoms with van der Waals surface area (Å²) < 4.78 is 3.75. The topological polar surface area (TPSA) is 94.3 Å². The van der Waals surface area contributed by atoms with Gasteiger partial charge in [-0.2, -0.15) is 5.21 Å². The minimum Gasteiger partial charge on any atom is -0.299 e. The molecule has 31 heavy (non-hydrogen) atoms. The minimum absolute atomic E-state index is 0.0729. The Morgan fingerprint density at radius 1 is 1.06 bits per heavy atom. The third kappa shape index (κ3) is 4.47. The Kier molecular flexibility index (Phi) is 6.35. The molecular formula is C23H27N7O. The molecule has 0 spiro atoms. The Morgan fingerprint density at radius 3 is 2.61 bits per heavy atom. The highest BCUT2D eigenvalue weighted by atomic mass is 16.1. The van der Waals surface area contributed by atoms with Crippen molar-refractivity contribution in [2.24, 2.45) is 0 Å². The van der Waals surface area contributed by atoms with Crippen molar-refractivity contribution < 1.29 is 0 Å². The standard InChI is InChI=1S/C23H27N7O/c1-3-5-7-19-16-29(14-4-2)23(31)30(19)15-17-9-11-18(12-10-17)20-8-6-13-24-21(20)22-25-27-28-26-22/h6,8-13,16H,3-5,7,14-15H2,1-2H3,(H,25,26,27,28). The first-order chi connectivity index (χ1) is 15.2. The van der Waals surface area contributed by atoms with Crippen molar-refractivity contribution in [1.82, 2.24) is 34.7 Å². The number of aromatic nitrogens is 7. The van der Waals surface area contributed by atoms with Crippen molar-refractivity contribution in [3.8, 4) is 22.6 Å². The highest BCUT2D eigenvalue weighted by Gasteiger charge is 2.14. The molecule has 0 bridgehead atoms. The number of H-pyrrole nitrogens is 1. The van der Waals surface area contributed by atoms with Crippen LogP contribution in [0.2, 0.25) is 0 Å². The van der Waals surface area contributed by atoms with Gasteiger partial charge in [0.25, 0.3) is 0 Å². The average Bonchev–Trinajstić information content (AvgIpc) is 3.43. The van der Waals surface area contributed by atoms with Crippen molar-refractivity contribution in [3.63, 3.8) is 0 Å². The first-order valence-electron chi connectivity index (χ1n) is 10.8. The maximum absolute atomic E-state index is 12.9. The van der Waals surface area contributed by atoms with Crippen LogP contribution in [-0.4, -0.2) is 34.7 Å². The molecule has 0 aliphatic rings. The van der Waals surface area contributed by atoms with Crippen molar-refractivity contribution in [3.05, 3.63) is 70.5 Å². The molecule has 0 aliphatic carbocycles. The number of aryl methyl sites for hydroxylation is 2. The summed E-state index contributed by atoms with van der Waals surface area (Å²) in [5.41, 5.74) is 4.89. The molecule has 4 aromatic rings. The molecule has 3 heterocycles. The second-order valence-corrected chi connectivity index (χ2v) is 7.62. The van der Waals surface area contributed by atoms with E-state index in [2.05, 4.69) is 63.7 Å². The first-order valence-corrected chi connectivity index (χ1v) is 10.8. The number of hydrogen-bond acceptors (Lipinski definition) is 5. The van der Waals surface area contributed by atoms with Crippen LogP contribution in [0.1, 0.15) is 44.4 Å². The van der Waals surface area contributed by atoms with Gasteiger partial charge in [-0.25, -0.2) is 4.79 Å². The molecule has 0 amide bonds.